The fraction of sp³-hybridized carbons (Fsp3) is 0.864. The molecule has 0 rings (SSSR count). The molecule has 0 atom stereocenters. The van der Waals surface area contributed by atoms with E-state index in [-0.39, 0.29) is 12.6 Å². The summed E-state index contributed by atoms with van der Waals surface area (Å²) in [6, 6.07) is 0. The highest BCUT2D eigenvalue weighted by atomic mass is 16.5. The largest absolute Gasteiger partial charge is 0.464 e. The van der Waals surface area contributed by atoms with Gasteiger partial charge < -0.3 is 15.2 Å². The molecule has 0 unspecified atom stereocenters. The number of carbonyl (C=O) groups excluding carboxylic acids is 1. The van der Waals surface area contributed by atoms with E-state index >= 15 is 0 Å². The van der Waals surface area contributed by atoms with Crippen molar-refractivity contribution in [2.75, 3.05) is 26.3 Å². The Hall–Kier alpha value is -0.870. The number of ether oxygens (including phenoxy) is 1. The number of esters is 1. The van der Waals surface area contributed by atoms with Crippen LogP contribution in [0, 0.1) is 0 Å². The molecule has 154 valence electrons. The van der Waals surface area contributed by atoms with E-state index < -0.39 is 0 Å². The minimum atomic E-state index is -0.103. The molecule has 0 aromatic rings. The van der Waals surface area contributed by atoms with Crippen LogP contribution >= 0.6 is 0 Å². The van der Waals surface area contributed by atoms with Crippen LogP contribution in [0.3, 0.4) is 0 Å². The molecule has 0 fully saturated rings. The van der Waals surface area contributed by atoms with E-state index in [0.29, 0.717) is 26.1 Å². The van der Waals surface area contributed by atoms with Crippen LogP contribution in [0.15, 0.2) is 12.2 Å². The molecule has 4 nitrogen and oxygen atoms in total. The van der Waals surface area contributed by atoms with Gasteiger partial charge in [0.2, 0.25) is 0 Å². The minimum absolute atomic E-state index is 0.103. The topological polar surface area (TPSA) is 58.6 Å². The summed E-state index contributed by atoms with van der Waals surface area (Å²) in [6.07, 6.45) is 21.6. The highest BCUT2D eigenvalue weighted by Gasteiger charge is 2.01. The third-order valence-electron chi connectivity index (χ3n) is 4.47. The Labute approximate surface area is 161 Å². The van der Waals surface area contributed by atoms with E-state index in [2.05, 4.69) is 24.4 Å². The van der Waals surface area contributed by atoms with Gasteiger partial charge in [0.1, 0.15) is 6.61 Å². The summed E-state index contributed by atoms with van der Waals surface area (Å²) >= 11 is 0. The molecule has 2 N–H and O–H groups in total. The molecule has 0 aliphatic carbocycles. The molecule has 0 aromatic heterocycles. The number of hydrogen-bond donors (Lipinski definition) is 2. The van der Waals surface area contributed by atoms with Gasteiger partial charge in [-0.15, -0.1) is 0 Å². The van der Waals surface area contributed by atoms with Crippen molar-refractivity contribution in [1.82, 2.24) is 5.32 Å². The van der Waals surface area contributed by atoms with E-state index in [0.717, 1.165) is 12.8 Å². The molecule has 0 aliphatic rings. The summed E-state index contributed by atoms with van der Waals surface area (Å²) in [5, 5.41) is 11.6. The Morgan fingerprint density at radius 3 is 2.04 bits per heavy atom. The Balaban J connectivity index is 3.18. The van der Waals surface area contributed by atoms with Crippen molar-refractivity contribution in [2.24, 2.45) is 0 Å². The first-order chi connectivity index (χ1) is 12.8. The molecule has 0 bridgehead atoms. The molecule has 26 heavy (non-hydrogen) atoms. The summed E-state index contributed by atoms with van der Waals surface area (Å²) in [5.41, 5.74) is 0. The maximum Gasteiger partial charge on any atom is 0.305 e. The maximum absolute atomic E-state index is 11.5. The lowest BCUT2D eigenvalue weighted by Gasteiger charge is -2.05. The van der Waals surface area contributed by atoms with Crippen molar-refractivity contribution < 1.29 is 14.6 Å². The molecule has 0 aliphatic heterocycles. The van der Waals surface area contributed by atoms with Crippen LogP contribution in [0.2, 0.25) is 0 Å². The predicted octanol–water partition coefficient (Wildman–Crippen LogP) is 5.15. The molecule has 0 radical (unpaired) electrons. The van der Waals surface area contributed by atoms with Crippen LogP contribution in [0.25, 0.3) is 0 Å². The number of aliphatic hydroxyl groups is 1. The van der Waals surface area contributed by atoms with E-state index in [9.17, 15) is 4.79 Å². The summed E-state index contributed by atoms with van der Waals surface area (Å²) in [7, 11) is 0. The third-order valence-corrected chi connectivity index (χ3v) is 4.47. The first kappa shape index (κ1) is 25.1. The van der Waals surface area contributed by atoms with Gasteiger partial charge in [-0.2, -0.15) is 0 Å². The average Bonchev–Trinajstić information content (AvgIpc) is 2.64. The van der Waals surface area contributed by atoms with Crippen LogP contribution in [-0.4, -0.2) is 37.4 Å². The van der Waals surface area contributed by atoms with Crippen molar-refractivity contribution >= 4 is 5.97 Å². The minimum Gasteiger partial charge on any atom is -0.464 e. The van der Waals surface area contributed by atoms with Gasteiger partial charge in [0.25, 0.3) is 0 Å². The fourth-order valence-electron chi connectivity index (χ4n) is 2.85. The average molecular weight is 370 g/mol. The van der Waals surface area contributed by atoms with Crippen molar-refractivity contribution in [3.05, 3.63) is 12.2 Å². The number of allylic oxidation sites excluding steroid dienone is 2. The lowest BCUT2D eigenvalue weighted by atomic mass is 10.1. The zero-order valence-electron chi connectivity index (χ0n) is 17.1. The lowest BCUT2D eigenvalue weighted by Crippen LogP contribution is -2.24. The smallest absolute Gasteiger partial charge is 0.305 e. The highest BCUT2D eigenvalue weighted by Crippen LogP contribution is 2.10. The van der Waals surface area contributed by atoms with Gasteiger partial charge in [-0.1, -0.05) is 70.4 Å². The van der Waals surface area contributed by atoms with Gasteiger partial charge in [-0.25, -0.2) is 0 Å². The first-order valence-corrected chi connectivity index (χ1v) is 10.9. The number of unbranched alkanes of at least 4 members (excludes halogenated alkanes) is 11. The Morgan fingerprint density at radius 1 is 0.846 bits per heavy atom. The van der Waals surface area contributed by atoms with Crippen molar-refractivity contribution in [1.29, 1.82) is 0 Å². The second kappa shape index (κ2) is 22.2. The van der Waals surface area contributed by atoms with Gasteiger partial charge in [0, 0.05) is 19.5 Å². The van der Waals surface area contributed by atoms with Gasteiger partial charge in [0.05, 0.1) is 6.61 Å². The number of aliphatic hydroxyl groups excluding tert-OH is 1. The summed E-state index contributed by atoms with van der Waals surface area (Å²) in [5.74, 6) is -0.103. The zero-order chi connectivity index (χ0) is 19.1. The number of carbonyl (C=O) groups is 1. The fourth-order valence-corrected chi connectivity index (χ4v) is 2.85. The van der Waals surface area contributed by atoms with Gasteiger partial charge in [-0.3, -0.25) is 4.79 Å². The highest BCUT2D eigenvalue weighted by molar-refractivity contribution is 5.69. The van der Waals surface area contributed by atoms with Crippen molar-refractivity contribution in [3.8, 4) is 0 Å². The molecule has 4 heteroatoms. The standard InChI is InChI=1S/C22H43NO3/c1-2-3-4-5-6-7-8-9-10-11-12-13-14-15-16-17-22(25)26-21-19-23-18-20-24/h9-10,23-24H,2-8,11-21H2,1H3. The summed E-state index contributed by atoms with van der Waals surface area (Å²) in [4.78, 5) is 11.5. The molecule has 0 saturated heterocycles. The SMILES string of the molecule is CCCCCCCCC=CCCCCCCCC(=O)OCCNCCO. The van der Waals surface area contributed by atoms with Crippen LogP contribution < -0.4 is 5.32 Å². The molecular formula is C22H43NO3. The molecule has 0 saturated carbocycles. The third kappa shape index (κ3) is 21.2. The predicted molar refractivity (Wildman–Crippen MR) is 110 cm³/mol. The van der Waals surface area contributed by atoms with Crippen LogP contribution in [0.5, 0.6) is 0 Å². The molecule has 0 spiro atoms. The summed E-state index contributed by atoms with van der Waals surface area (Å²) < 4.78 is 5.12. The zero-order valence-corrected chi connectivity index (χ0v) is 17.1. The quantitative estimate of drug-likeness (QED) is 0.177. The van der Waals surface area contributed by atoms with Crippen molar-refractivity contribution in [3.63, 3.8) is 0 Å². The summed E-state index contributed by atoms with van der Waals surface area (Å²) in [6.45, 7) is 3.93. The van der Waals surface area contributed by atoms with Gasteiger partial charge in [-0.05, 0) is 32.1 Å². The molecular weight excluding hydrogens is 326 g/mol. The van der Waals surface area contributed by atoms with Crippen LogP contribution in [0.4, 0.5) is 0 Å². The Morgan fingerprint density at radius 2 is 1.42 bits per heavy atom. The van der Waals surface area contributed by atoms with E-state index in [1.54, 1.807) is 0 Å². The van der Waals surface area contributed by atoms with E-state index in [1.165, 1.54) is 70.6 Å². The molecule has 0 aromatic carbocycles. The second-order valence-electron chi connectivity index (χ2n) is 7.03. The van der Waals surface area contributed by atoms with E-state index in [4.69, 9.17) is 9.84 Å². The lowest BCUT2D eigenvalue weighted by molar-refractivity contribution is -0.143. The number of rotatable bonds is 20. The molecule has 0 heterocycles. The monoisotopic (exact) mass is 369 g/mol. The van der Waals surface area contributed by atoms with Gasteiger partial charge in [0.15, 0.2) is 0 Å². The van der Waals surface area contributed by atoms with Gasteiger partial charge >= 0.3 is 5.97 Å². The van der Waals surface area contributed by atoms with Crippen LogP contribution in [-0.2, 0) is 9.53 Å². The Kier molecular flexibility index (Phi) is 21.4. The first-order valence-electron chi connectivity index (χ1n) is 10.9. The van der Waals surface area contributed by atoms with E-state index in [1.807, 2.05) is 0 Å². The maximum atomic E-state index is 11.5. The number of hydrogen-bond acceptors (Lipinski definition) is 4. The van der Waals surface area contributed by atoms with Crippen molar-refractivity contribution in [2.45, 2.75) is 96.8 Å². The van der Waals surface area contributed by atoms with Crippen LogP contribution in [0.1, 0.15) is 96.8 Å². The second-order valence-corrected chi connectivity index (χ2v) is 7.03. The molecule has 0 amide bonds. The number of nitrogens with one attached hydrogen (secondary N) is 1. The Bertz CT molecular complexity index is 319. The normalized spacial score (nSPS) is 11.3.